The van der Waals surface area contributed by atoms with E-state index in [1.165, 1.54) is 0 Å². The zero-order valence-corrected chi connectivity index (χ0v) is 11.4. The van der Waals surface area contributed by atoms with Crippen molar-refractivity contribution < 1.29 is 4.79 Å². The van der Waals surface area contributed by atoms with Crippen LogP contribution >= 0.6 is 0 Å². The molecule has 1 fully saturated rings. The Morgan fingerprint density at radius 3 is 2.95 bits per heavy atom. The van der Waals surface area contributed by atoms with Crippen LogP contribution in [0.1, 0.15) is 12.8 Å². The summed E-state index contributed by atoms with van der Waals surface area (Å²) in [6.45, 7) is 1.80. The van der Waals surface area contributed by atoms with Gasteiger partial charge in [0.2, 0.25) is 5.91 Å². The van der Waals surface area contributed by atoms with E-state index in [1.54, 1.807) is 12.3 Å². The Balaban J connectivity index is 1.68. The molecule has 3 heterocycles. The highest BCUT2D eigenvalue weighted by Crippen LogP contribution is 2.19. The van der Waals surface area contributed by atoms with Crippen LogP contribution in [-0.4, -0.2) is 38.7 Å². The number of aryl methyl sites for hydroxylation is 1. The van der Waals surface area contributed by atoms with Crippen LogP contribution in [0.5, 0.6) is 0 Å². The van der Waals surface area contributed by atoms with Gasteiger partial charge in [0.05, 0.1) is 0 Å². The van der Waals surface area contributed by atoms with Crippen LogP contribution in [0.4, 0.5) is 5.82 Å². The Kier molecular flexibility index (Phi) is 3.51. The highest BCUT2D eigenvalue weighted by atomic mass is 16.2. The second kappa shape index (κ2) is 5.46. The monoisotopic (exact) mass is 274 g/mol. The van der Waals surface area contributed by atoms with E-state index in [-0.39, 0.29) is 11.8 Å². The van der Waals surface area contributed by atoms with E-state index in [2.05, 4.69) is 25.8 Å². The predicted molar refractivity (Wildman–Crippen MR) is 75.0 cm³/mol. The summed E-state index contributed by atoms with van der Waals surface area (Å²) in [6.07, 6.45) is 5.35. The Morgan fingerprint density at radius 2 is 2.25 bits per heavy atom. The summed E-state index contributed by atoms with van der Waals surface area (Å²) in [7, 11) is 1.91. The van der Waals surface area contributed by atoms with Crippen molar-refractivity contribution >= 4 is 11.7 Å². The number of aromatic nitrogens is 4. The van der Waals surface area contributed by atoms with Crippen molar-refractivity contribution in [3.63, 3.8) is 0 Å². The number of H-pyrrole nitrogens is 1. The summed E-state index contributed by atoms with van der Waals surface area (Å²) in [5.74, 6) is 1.46. The Bertz CT molecular complexity index is 596. The minimum atomic E-state index is 0.0457. The number of imidazole rings is 1. The van der Waals surface area contributed by atoms with Crippen molar-refractivity contribution in [1.82, 2.24) is 25.1 Å². The van der Waals surface area contributed by atoms with Crippen molar-refractivity contribution in [2.75, 3.05) is 18.4 Å². The number of nitrogens with zero attached hydrogens (tertiary/aromatic N) is 3. The third-order valence-corrected chi connectivity index (χ3v) is 3.60. The van der Waals surface area contributed by atoms with E-state index < -0.39 is 0 Å². The molecule has 0 spiro atoms. The van der Waals surface area contributed by atoms with Crippen molar-refractivity contribution in [2.24, 2.45) is 13.0 Å². The molecule has 2 aromatic heterocycles. The number of anilines is 1. The van der Waals surface area contributed by atoms with Gasteiger partial charge >= 0.3 is 0 Å². The SMILES string of the molecule is Cn1ccnc1-c1cc(NC(=O)C2CCNCC2)n[nH]1. The molecule has 0 aliphatic carbocycles. The molecule has 7 heteroatoms. The van der Waals surface area contributed by atoms with E-state index in [1.807, 2.05) is 17.8 Å². The Morgan fingerprint density at radius 1 is 1.45 bits per heavy atom. The summed E-state index contributed by atoms with van der Waals surface area (Å²) < 4.78 is 1.89. The normalized spacial score (nSPS) is 16.2. The lowest BCUT2D eigenvalue weighted by molar-refractivity contribution is -0.120. The van der Waals surface area contributed by atoms with Gasteiger partial charge in [-0.15, -0.1) is 0 Å². The lowest BCUT2D eigenvalue weighted by atomic mass is 9.97. The van der Waals surface area contributed by atoms with Crippen molar-refractivity contribution in [2.45, 2.75) is 12.8 Å². The van der Waals surface area contributed by atoms with Gasteiger partial charge in [0.25, 0.3) is 0 Å². The summed E-state index contributed by atoms with van der Waals surface area (Å²) in [4.78, 5) is 16.4. The summed E-state index contributed by atoms with van der Waals surface area (Å²) >= 11 is 0. The molecule has 1 aliphatic rings. The maximum Gasteiger partial charge on any atom is 0.228 e. The van der Waals surface area contributed by atoms with Crippen LogP contribution in [0.3, 0.4) is 0 Å². The first kappa shape index (κ1) is 12.9. The Labute approximate surface area is 116 Å². The summed E-state index contributed by atoms with van der Waals surface area (Å²) in [6, 6.07) is 1.81. The van der Waals surface area contributed by atoms with E-state index in [0.717, 1.165) is 37.4 Å². The molecular weight excluding hydrogens is 256 g/mol. The van der Waals surface area contributed by atoms with Gasteiger partial charge < -0.3 is 15.2 Å². The van der Waals surface area contributed by atoms with Gasteiger partial charge in [-0.2, -0.15) is 5.10 Å². The number of aromatic amines is 1. The number of nitrogens with one attached hydrogen (secondary N) is 3. The quantitative estimate of drug-likeness (QED) is 0.770. The molecule has 3 rings (SSSR count). The van der Waals surface area contributed by atoms with E-state index >= 15 is 0 Å². The number of carbonyl (C=O) groups excluding carboxylic acids is 1. The van der Waals surface area contributed by atoms with E-state index in [9.17, 15) is 4.79 Å². The van der Waals surface area contributed by atoms with Crippen molar-refractivity contribution in [1.29, 1.82) is 0 Å². The van der Waals surface area contributed by atoms with Crippen LogP contribution in [0.25, 0.3) is 11.5 Å². The molecule has 1 aliphatic heterocycles. The molecule has 0 radical (unpaired) electrons. The lowest BCUT2D eigenvalue weighted by Gasteiger charge is -2.21. The third-order valence-electron chi connectivity index (χ3n) is 3.60. The van der Waals surface area contributed by atoms with Crippen molar-refractivity contribution in [3.8, 4) is 11.5 Å². The van der Waals surface area contributed by atoms with E-state index in [4.69, 9.17) is 0 Å². The molecule has 2 aromatic rings. The largest absolute Gasteiger partial charge is 0.333 e. The molecule has 0 atom stereocenters. The van der Waals surface area contributed by atoms with Crippen LogP contribution in [0.2, 0.25) is 0 Å². The van der Waals surface area contributed by atoms with Crippen molar-refractivity contribution in [3.05, 3.63) is 18.5 Å². The second-order valence-electron chi connectivity index (χ2n) is 5.04. The first-order valence-electron chi connectivity index (χ1n) is 6.79. The van der Waals surface area contributed by atoms with Gasteiger partial charge in [-0.1, -0.05) is 0 Å². The fraction of sp³-hybridized carbons (Fsp3) is 0.462. The van der Waals surface area contributed by atoms with E-state index in [0.29, 0.717) is 5.82 Å². The summed E-state index contributed by atoms with van der Waals surface area (Å²) in [5, 5.41) is 13.1. The lowest BCUT2D eigenvalue weighted by Crippen LogP contribution is -2.34. The molecule has 20 heavy (non-hydrogen) atoms. The highest BCUT2D eigenvalue weighted by molar-refractivity contribution is 5.92. The number of piperidine rings is 1. The van der Waals surface area contributed by atoms with Gasteiger partial charge in [0.1, 0.15) is 5.69 Å². The molecule has 3 N–H and O–H groups in total. The smallest absolute Gasteiger partial charge is 0.228 e. The van der Waals surface area contributed by atoms with Gasteiger partial charge in [0.15, 0.2) is 11.6 Å². The molecule has 106 valence electrons. The minimum absolute atomic E-state index is 0.0457. The molecule has 0 bridgehead atoms. The molecule has 1 saturated heterocycles. The zero-order chi connectivity index (χ0) is 13.9. The molecule has 0 saturated carbocycles. The fourth-order valence-electron chi connectivity index (χ4n) is 2.44. The zero-order valence-electron chi connectivity index (χ0n) is 11.4. The predicted octanol–water partition coefficient (Wildman–Crippen LogP) is 0.748. The van der Waals surface area contributed by atoms with Crippen LogP contribution < -0.4 is 10.6 Å². The molecule has 0 aromatic carbocycles. The summed E-state index contributed by atoms with van der Waals surface area (Å²) in [5.41, 5.74) is 0.790. The van der Waals surface area contributed by atoms with Gasteiger partial charge in [-0.3, -0.25) is 9.89 Å². The molecular formula is C13H18N6O. The average Bonchev–Trinajstić information content (AvgIpc) is 3.08. The van der Waals surface area contributed by atoms with Gasteiger partial charge in [-0.05, 0) is 25.9 Å². The highest BCUT2D eigenvalue weighted by Gasteiger charge is 2.21. The number of carbonyl (C=O) groups is 1. The fourth-order valence-corrected chi connectivity index (χ4v) is 2.44. The van der Waals surface area contributed by atoms with Crippen LogP contribution in [0, 0.1) is 5.92 Å². The molecule has 0 unspecified atom stereocenters. The van der Waals surface area contributed by atoms with Gasteiger partial charge in [0, 0.05) is 31.4 Å². The first-order valence-corrected chi connectivity index (χ1v) is 6.79. The second-order valence-corrected chi connectivity index (χ2v) is 5.04. The van der Waals surface area contributed by atoms with Gasteiger partial charge in [-0.25, -0.2) is 4.98 Å². The standard InChI is InChI=1S/C13H18N6O/c1-19-7-6-15-12(19)10-8-11(18-17-10)16-13(20)9-2-4-14-5-3-9/h6-9,14H,2-5H2,1H3,(H2,16,17,18,20). The Hall–Kier alpha value is -2.15. The maximum atomic E-state index is 12.1. The first-order chi connectivity index (χ1) is 9.74. The topological polar surface area (TPSA) is 87.6 Å². The number of hydrogen-bond acceptors (Lipinski definition) is 4. The number of hydrogen-bond donors (Lipinski definition) is 3. The molecule has 7 nitrogen and oxygen atoms in total. The minimum Gasteiger partial charge on any atom is -0.333 e. The van der Waals surface area contributed by atoms with Crippen LogP contribution in [0.15, 0.2) is 18.5 Å². The number of rotatable bonds is 3. The number of amides is 1. The maximum absolute atomic E-state index is 12.1. The third kappa shape index (κ3) is 2.57. The molecule has 1 amide bonds. The van der Waals surface area contributed by atoms with Crippen LogP contribution in [-0.2, 0) is 11.8 Å². The average molecular weight is 274 g/mol.